The Balaban J connectivity index is 1.72. The molecule has 21 heavy (non-hydrogen) atoms. The van der Waals surface area contributed by atoms with E-state index in [1.807, 2.05) is 24.3 Å². The van der Waals surface area contributed by atoms with E-state index in [9.17, 15) is 4.79 Å². The van der Waals surface area contributed by atoms with Crippen molar-refractivity contribution in [2.24, 2.45) is 0 Å². The molecular formula is C14H10Cl2N4O. The number of carbonyl (C=O) groups is 1. The topological polar surface area (TPSA) is 69.8 Å². The lowest BCUT2D eigenvalue weighted by Gasteiger charge is -2.06. The van der Waals surface area contributed by atoms with Gasteiger partial charge in [-0.15, -0.1) is 0 Å². The van der Waals surface area contributed by atoms with Crippen LogP contribution in [0.25, 0.3) is 11.0 Å². The Morgan fingerprint density at radius 1 is 1.05 bits per heavy atom. The molecule has 0 aliphatic rings. The zero-order valence-electron chi connectivity index (χ0n) is 10.7. The minimum Gasteiger partial charge on any atom is -0.324 e. The summed E-state index contributed by atoms with van der Waals surface area (Å²) in [6.07, 6.45) is 0. The van der Waals surface area contributed by atoms with E-state index in [1.165, 1.54) is 0 Å². The number of fused-ring (bicyclic) bond motifs is 1. The van der Waals surface area contributed by atoms with E-state index in [-0.39, 0.29) is 0 Å². The van der Waals surface area contributed by atoms with Gasteiger partial charge in [0.2, 0.25) is 5.95 Å². The summed E-state index contributed by atoms with van der Waals surface area (Å²) in [6, 6.07) is 11.9. The molecule has 2 aromatic carbocycles. The summed E-state index contributed by atoms with van der Waals surface area (Å²) >= 11 is 11.7. The highest BCUT2D eigenvalue weighted by molar-refractivity contribution is 6.42. The Bertz CT molecular complexity index is 783. The van der Waals surface area contributed by atoms with Crippen molar-refractivity contribution in [1.82, 2.24) is 9.97 Å². The molecule has 1 aromatic heterocycles. The molecule has 3 N–H and O–H groups in total. The van der Waals surface area contributed by atoms with E-state index in [4.69, 9.17) is 23.2 Å². The molecule has 0 saturated heterocycles. The summed E-state index contributed by atoms with van der Waals surface area (Å²) < 4.78 is 0. The molecule has 1 heterocycles. The van der Waals surface area contributed by atoms with E-state index in [2.05, 4.69) is 20.6 Å². The van der Waals surface area contributed by atoms with Gasteiger partial charge in [0.05, 0.1) is 21.1 Å². The quantitative estimate of drug-likeness (QED) is 0.650. The number of nitrogens with one attached hydrogen (secondary N) is 3. The zero-order chi connectivity index (χ0) is 14.8. The second-order valence-electron chi connectivity index (χ2n) is 4.31. The molecule has 0 atom stereocenters. The number of aromatic amines is 1. The molecule has 7 heteroatoms. The SMILES string of the molecule is O=C(Nc1ccc(Cl)c(Cl)c1)Nc1nc2ccccc2[nH]1. The number of hydrogen-bond acceptors (Lipinski definition) is 2. The molecule has 0 fully saturated rings. The molecule has 0 aliphatic heterocycles. The number of para-hydroxylation sites is 2. The third-order valence-electron chi connectivity index (χ3n) is 2.80. The number of aromatic nitrogens is 2. The van der Waals surface area contributed by atoms with Gasteiger partial charge in [-0.25, -0.2) is 9.78 Å². The Kier molecular flexibility index (Phi) is 3.68. The smallest absolute Gasteiger partial charge is 0.324 e. The minimum absolute atomic E-state index is 0.369. The number of amides is 2. The van der Waals surface area contributed by atoms with Crippen LogP contribution in [0.5, 0.6) is 0 Å². The zero-order valence-corrected chi connectivity index (χ0v) is 12.2. The normalized spacial score (nSPS) is 10.6. The Hall–Kier alpha value is -2.24. The number of carbonyl (C=O) groups excluding carboxylic acids is 1. The second-order valence-corrected chi connectivity index (χ2v) is 5.12. The maximum absolute atomic E-state index is 11.9. The highest BCUT2D eigenvalue weighted by Crippen LogP contribution is 2.25. The van der Waals surface area contributed by atoms with E-state index in [0.29, 0.717) is 21.7 Å². The molecule has 0 bridgehead atoms. The van der Waals surface area contributed by atoms with Crippen LogP contribution in [-0.4, -0.2) is 16.0 Å². The van der Waals surface area contributed by atoms with E-state index in [1.54, 1.807) is 18.2 Å². The van der Waals surface area contributed by atoms with Gasteiger partial charge in [0.15, 0.2) is 0 Å². The van der Waals surface area contributed by atoms with Crippen molar-refractivity contribution >= 4 is 51.9 Å². The number of rotatable bonds is 2. The van der Waals surface area contributed by atoms with Gasteiger partial charge in [0.25, 0.3) is 0 Å². The van der Waals surface area contributed by atoms with Gasteiger partial charge in [0, 0.05) is 5.69 Å². The predicted octanol–water partition coefficient (Wildman–Crippen LogP) is 4.51. The summed E-state index contributed by atoms with van der Waals surface area (Å²) in [5.41, 5.74) is 2.17. The number of urea groups is 1. The van der Waals surface area contributed by atoms with E-state index < -0.39 is 6.03 Å². The van der Waals surface area contributed by atoms with Crippen LogP contribution >= 0.6 is 23.2 Å². The first-order valence-corrected chi connectivity index (χ1v) is 6.85. The first kappa shape index (κ1) is 13.7. The number of anilines is 2. The van der Waals surface area contributed by atoms with Crippen LogP contribution in [-0.2, 0) is 0 Å². The fourth-order valence-corrected chi connectivity index (χ4v) is 2.15. The fraction of sp³-hybridized carbons (Fsp3) is 0. The first-order valence-electron chi connectivity index (χ1n) is 6.09. The highest BCUT2D eigenvalue weighted by Gasteiger charge is 2.07. The Morgan fingerprint density at radius 3 is 2.62 bits per heavy atom. The predicted molar refractivity (Wildman–Crippen MR) is 85.2 cm³/mol. The number of halogens is 2. The van der Waals surface area contributed by atoms with Crippen molar-refractivity contribution in [2.45, 2.75) is 0 Å². The van der Waals surface area contributed by atoms with Gasteiger partial charge in [-0.2, -0.15) is 0 Å². The van der Waals surface area contributed by atoms with E-state index >= 15 is 0 Å². The molecule has 0 saturated carbocycles. The fourth-order valence-electron chi connectivity index (χ4n) is 1.86. The second kappa shape index (κ2) is 5.63. The monoisotopic (exact) mass is 320 g/mol. The summed E-state index contributed by atoms with van der Waals surface area (Å²) in [5, 5.41) is 6.07. The molecule has 106 valence electrons. The number of benzene rings is 2. The summed E-state index contributed by atoms with van der Waals surface area (Å²) in [7, 11) is 0. The van der Waals surface area contributed by atoms with Gasteiger partial charge in [0.1, 0.15) is 0 Å². The maximum Gasteiger partial charge on any atom is 0.326 e. The largest absolute Gasteiger partial charge is 0.326 e. The van der Waals surface area contributed by atoms with Crippen LogP contribution in [0, 0.1) is 0 Å². The number of imidazole rings is 1. The number of H-pyrrole nitrogens is 1. The highest BCUT2D eigenvalue weighted by atomic mass is 35.5. The summed E-state index contributed by atoms with van der Waals surface area (Å²) in [6.45, 7) is 0. The third-order valence-corrected chi connectivity index (χ3v) is 3.54. The molecule has 0 radical (unpaired) electrons. The van der Waals surface area contributed by atoms with Crippen molar-refractivity contribution in [3.8, 4) is 0 Å². The van der Waals surface area contributed by atoms with Crippen LogP contribution in [0.4, 0.5) is 16.4 Å². The number of hydrogen-bond donors (Lipinski definition) is 3. The van der Waals surface area contributed by atoms with Gasteiger partial charge >= 0.3 is 6.03 Å². The minimum atomic E-state index is -0.424. The van der Waals surface area contributed by atoms with Gasteiger partial charge in [-0.1, -0.05) is 35.3 Å². The summed E-state index contributed by atoms with van der Waals surface area (Å²) in [4.78, 5) is 19.2. The molecular weight excluding hydrogens is 311 g/mol. The van der Waals surface area contributed by atoms with Crippen LogP contribution in [0.3, 0.4) is 0 Å². The standard InChI is InChI=1S/C14H10Cl2N4O/c15-9-6-5-8(7-10(9)16)17-14(21)20-13-18-11-3-1-2-4-12(11)19-13/h1-7H,(H3,17,18,19,20,21). The van der Waals surface area contributed by atoms with Crippen molar-refractivity contribution in [1.29, 1.82) is 0 Å². The van der Waals surface area contributed by atoms with Crippen molar-refractivity contribution in [2.75, 3.05) is 10.6 Å². The first-order chi connectivity index (χ1) is 10.1. The maximum atomic E-state index is 11.9. The Morgan fingerprint density at radius 2 is 1.86 bits per heavy atom. The molecule has 0 aliphatic carbocycles. The molecule has 0 unspecified atom stereocenters. The lowest BCUT2D eigenvalue weighted by Crippen LogP contribution is -2.20. The van der Waals surface area contributed by atoms with Gasteiger partial charge in [-0.3, -0.25) is 5.32 Å². The van der Waals surface area contributed by atoms with Crippen LogP contribution in [0.2, 0.25) is 10.0 Å². The van der Waals surface area contributed by atoms with Crippen molar-refractivity contribution < 1.29 is 4.79 Å². The molecule has 3 aromatic rings. The average Bonchev–Trinajstić information content (AvgIpc) is 2.84. The third kappa shape index (κ3) is 3.09. The van der Waals surface area contributed by atoms with Crippen molar-refractivity contribution in [3.05, 3.63) is 52.5 Å². The average molecular weight is 321 g/mol. The van der Waals surface area contributed by atoms with Crippen LogP contribution in [0.1, 0.15) is 0 Å². The Labute approximate surface area is 130 Å². The molecule has 3 rings (SSSR count). The summed E-state index contributed by atoms with van der Waals surface area (Å²) in [5.74, 6) is 0.369. The van der Waals surface area contributed by atoms with Crippen LogP contribution in [0.15, 0.2) is 42.5 Å². The van der Waals surface area contributed by atoms with Gasteiger partial charge < -0.3 is 10.3 Å². The molecule has 2 amide bonds. The lowest BCUT2D eigenvalue weighted by atomic mass is 10.3. The lowest BCUT2D eigenvalue weighted by molar-refractivity contribution is 0.262. The van der Waals surface area contributed by atoms with Crippen molar-refractivity contribution in [3.63, 3.8) is 0 Å². The van der Waals surface area contributed by atoms with E-state index in [0.717, 1.165) is 11.0 Å². The van der Waals surface area contributed by atoms with Crippen LogP contribution < -0.4 is 10.6 Å². The number of nitrogens with zero attached hydrogens (tertiary/aromatic N) is 1. The van der Waals surface area contributed by atoms with Gasteiger partial charge in [-0.05, 0) is 30.3 Å². The molecule has 5 nitrogen and oxygen atoms in total. The molecule has 0 spiro atoms.